The van der Waals surface area contributed by atoms with Gasteiger partial charge in [0.05, 0.1) is 5.56 Å². The number of carbonyl (C=O) groups is 3. The molecule has 0 heterocycles. The molecule has 3 rings (SSSR count). The fraction of sp³-hybridized carbons (Fsp3) is 0.207. The van der Waals surface area contributed by atoms with Gasteiger partial charge in [-0.3, -0.25) is 14.4 Å². The number of ketones is 1. The number of hydrogen-bond donors (Lipinski definition) is 2. The van der Waals surface area contributed by atoms with Crippen LogP contribution in [-0.4, -0.2) is 17.6 Å². The van der Waals surface area contributed by atoms with Crippen LogP contribution in [0, 0.1) is 0 Å². The molecule has 37 heavy (non-hydrogen) atoms. The zero-order valence-corrected chi connectivity index (χ0v) is 20.6. The van der Waals surface area contributed by atoms with Crippen molar-refractivity contribution in [3.63, 3.8) is 0 Å². The third-order valence-corrected chi connectivity index (χ3v) is 5.61. The molecule has 0 aliphatic carbocycles. The highest BCUT2D eigenvalue weighted by Crippen LogP contribution is 2.31. The molecule has 2 amide bonds. The average molecular weight is 509 g/mol. The van der Waals surface area contributed by atoms with Gasteiger partial charge in [0.1, 0.15) is 5.57 Å². The molecular weight excluding hydrogens is 481 g/mol. The SMILES string of the molecule is CCC(=O)c1cccc(NC(=O)C(=Cc2ccc(C(C)C)cc2)C(=O)Nc2cccc(C(F)(F)F)c2)c1. The molecule has 5 nitrogen and oxygen atoms in total. The number of rotatable bonds is 8. The lowest BCUT2D eigenvalue weighted by molar-refractivity contribution is -0.137. The summed E-state index contributed by atoms with van der Waals surface area (Å²) in [5, 5.41) is 5.00. The Labute approximate surface area is 213 Å². The summed E-state index contributed by atoms with van der Waals surface area (Å²) in [5.41, 5.74) is 0.978. The molecule has 0 aliphatic rings. The van der Waals surface area contributed by atoms with E-state index in [4.69, 9.17) is 0 Å². The first-order valence-corrected chi connectivity index (χ1v) is 11.7. The number of Topliss-reactive ketones (excluding diaryl/α,β-unsaturated/α-hetero) is 1. The third kappa shape index (κ3) is 7.39. The molecule has 0 saturated carbocycles. The number of halogens is 3. The second-order valence-corrected chi connectivity index (χ2v) is 8.72. The van der Waals surface area contributed by atoms with Gasteiger partial charge in [-0.2, -0.15) is 13.2 Å². The smallest absolute Gasteiger partial charge is 0.322 e. The van der Waals surface area contributed by atoms with Crippen molar-refractivity contribution in [1.82, 2.24) is 0 Å². The zero-order valence-electron chi connectivity index (χ0n) is 20.6. The Hall–Kier alpha value is -4.20. The van der Waals surface area contributed by atoms with Crippen LogP contribution in [0.4, 0.5) is 24.5 Å². The lowest BCUT2D eigenvalue weighted by Gasteiger charge is -2.13. The summed E-state index contributed by atoms with van der Waals surface area (Å²) < 4.78 is 39.3. The summed E-state index contributed by atoms with van der Waals surface area (Å²) in [6.07, 6.45) is -2.94. The summed E-state index contributed by atoms with van der Waals surface area (Å²) in [6.45, 7) is 5.78. The zero-order chi connectivity index (χ0) is 27.2. The van der Waals surface area contributed by atoms with Crippen LogP contribution in [0.15, 0.2) is 78.4 Å². The van der Waals surface area contributed by atoms with E-state index in [1.165, 1.54) is 24.3 Å². The number of benzene rings is 3. The first-order valence-electron chi connectivity index (χ1n) is 11.7. The van der Waals surface area contributed by atoms with E-state index in [0.29, 0.717) is 16.8 Å². The maximum Gasteiger partial charge on any atom is 0.416 e. The molecule has 0 radical (unpaired) electrons. The molecule has 8 heteroatoms. The number of alkyl halides is 3. The van der Waals surface area contributed by atoms with Gasteiger partial charge in [0.15, 0.2) is 5.78 Å². The molecule has 192 valence electrons. The molecule has 0 fully saturated rings. The van der Waals surface area contributed by atoms with E-state index < -0.39 is 23.6 Å². The Balaban J connectivity index is 1.94. The Morgan fingerprint density at radius 2 is 1.41 bits per heavy atom. The van der Waals surface area contributed by atoms with Gasteiger partial charge in [-0.15, -0.1) is 0 Å². The van der Waals surface area contributed by atoms with Crippen LogP contribution in [0.2, 0.25) is 0 Å². The van der Waals surface area contributed by atoms with Gasteiger partial charge in [0, 0.05) is 23.4 Å². The predicted molar refractivity (Wildman–Crippen MR) is 138 cm³/mol. The molecule has 0 aromatic heterocycles. The van der Waals surface area contributed by atoms with Crippen LogP contribution >= 0.6 is 0 Å². The van der Waals surface area contributed by atoms with Gasteiger partial charge in [0.25, 0.3) is 11.8 Å². The van der Waals surface area contributed by atoms with E-state index in [1.807, 2.05) is 26.0 Å². The molecule has 0 saturated heterocycles. The molecule has 0 bridgehead atoms. The van der Waals surface area contributed by atoms with Gasteiger partial charge < -0.3 is 10.6 Å². The van der Waals surface area contributed by atoms with Crippen molar-refractivity contribution in [3.05, 3.63) is 101 Å². The summed E-state index contributed by atoms with van der Waals surface area (Å²) >= 11 is 0. The Morgan fingerprint density at radius 3 is 1.95 bits per heavy atom. The van der Waals surface area contributed by atoms with Gasteiger partial charge in [-0.05, 0) is 53.5 Å². The van der Waals surface area contributed by atoms with E-state index in [-0.39, 0.29) is 29.4 Å². The highest BCUT2D eigenvalue weighted by molar-refractivity contribution is 6.28. The molecular formula is C29H27F3N2O3. The molecule has 0 aliphatic heterocycles. The molecule has 0 atom stereocenters. The number of hydrogen-bond acceptors (Lipinski definition) is 3. The quantitative estimate of drug-likeness (QED) is 0.148. The highest BCUT2D eigenvalue weighted by Gasteiger charge is 2.30. The summed E-state index contributed by atoms with van der Waals surface area (Å²) in [5.74, 6) is -1.49. The Bertz CT molecular complexity index is 1330. The number of carbonyl (C=O) groups excluding carboxylic acids is 3. The first-order chi connectivity index (χ1) is 17.5. The maximum atomic E-state index is 13.2. The van der Waals surface area contributed by atoms with Crippen LogP contribution in [0.1, 0.15) is 60.2 Å². The summed E-state index contributed by atoms with van der Waals surface area (Å²) in [6, 6.07) is 17.7. The second kappa shape index (κ2) is 11.7. The topological polar surface area (TPSA) is 75.3 Å². The van der Waals surface area contributed by atoms with E-state index >= 15 is 0 Å². The lowest BCUT2D eigenvalue weighted by Crippen LogP contribution is -2.25. The fourth-order valence-corrected chi connectivity index (χ4v) is 3.52. The van der Waals surface area contributed by atoms with Crippen molar-refractivity contribution >= 4 is 35.0 Å². The van der Waals surface area contributed by atoms with E-state index in [2.05, 4.69) is 10.6 Å². The fourth-order valence-electron chi connectivity index (χ4n) is 3.52. The van der Waals surface area contributed by atoms with E-state index in [0.717, 1.165) is 17.7 Å². The van der Waals surface area contributed by atoms with Crippen molar-refractivity contribution in [1.29, 1.82) is 0 Å². The average Bonchev–Trinajstić information content (AvgIpc) is 2.86. The number of anilines is 2. The standard InChI is InChI=1S/C29H27F3N2O3/c1-4-26(35)21-7-5-9-23(16-21)33-27(36)25(15-19-11-13-20(14-12-19)18(2)3)28(37)34-24-10-6-8-22(17-24)29(30,31)32/h5-18H,4H2,1-3H3,(H,33,36)(H,34,37). The minimum Gasteiger partial charge on any atom is -0.322 e. The van der Waals surface area contributed by atoms with Crippen LogP contribution < -0.4 is 10.6 Å². The predicted octanol–water partition coefficient (Wildman–Crippen LogP) is 7.08. The van der Waals surface area contributed by atoms with Crippen LogP contribution in [0.3, 0.4) is 0 Å². The largest absolute Gasteiger partial charge is 0.416 e. The van der Waals surface area contributed by atoms with Gasteiger partial charge >= 0.3 is 6.18 Å². The van der Waals surface area contributed by atoms with Gasteiger partial charge in [-0.1, -0.05) is 63.2 Å². The van der Waals surface area contributed by atoms with Crippen molar-refractivity contribution in [3.8, 4) is 0 Å². The van der Waals surface area contributed by atoms with Crippen molar-refractivity contribution < 1.29 is 27.6 Å². The van der Waals surface area contributed by atoms with Crippen molar-refractivity contribution in [2.24, 2.45) is 0 Å². The maximum absolute atomic E-state index is 13.2. The monoisotopic (exact) mass is 508 g/mol. The highest BCUT2D eigenvalue weighted by atomic mass is 19.4. The second-order valence-electron chi connectivity index (χ2n) is 8.72. The van der Waals surface area contributed by atoms with Crippen LogP contribution in [-0.2, 0) is 15.8 Å². The minimum atomic E-state index is -4.59. The Kier molecular flexibility index (Phi) is 8.65. The molecule has 0 spiro atoms. The van der Waals surface area contributed by atoms with Gasteiger partial charge in [0.2, 0.25) is 0 Å². The van der Waals surface area contributed by atoms with Crippen molar-refractivity contribution in [2.45, 2.75) is 39.3 Å². The third-order valence-electron chi connectivity index (χ3n) is 5.61. The number of amides is 2. The lowest BCUT2D eigenvalue weighted by atomic mass is 10.0. The van der Waals surface area contributed by atoms with Crippen LogP contribution in [0.5, 0.6) is 0 Å². The molecule has 2 N–H and O–H groups in total. The first kappa shape index (κ1) is 27.4. The van der Waals surface area contributed by atoms with Gasteiger partial charge in [-0.25, -0.2) is 0 Å². The molecule has 3 aromatic rings. The normalized spacial score (nSPS) is 11.8. The molecule has 0 unspecified atom stereocenters. The summed E-state index contributed by atoms with van der Waals surface area (Å²) in [7, 11) is 0. The van der Waals surface area contributed by atoms with Crippen LogP contribution in [0.25, 0.3) is 6.08 Å². The minimum absolute atomic E-state index is 0.107. The van der Waals surface area contributed by atoms with E-state index in [9.17, 15) is 27.6 Å². The summed E-state index contributed by atoms with van der Waals surface area (Å²) in [4.78, 5) is 38.4. The number of nitrogens with one attached hydrogen (secondary N) is 2. The van der Waals surface area contributed by atoms with E-state index in [1.54, 1.807) is 37.3 Å². The Morgan fingerprint density at radius 1 is 0.838 bits per heavy atom. The molecule has 3 aromatic carbocycles. The van der Waals surface area contributed by atoms with Crippen molar-refractivity contribution in [2.75, 3.05) is 10.6 Å².